The maximum atomic E-state index is 12.6. The number of carboxylic acid groups (broad SMARTS) is 1. The van der Waals surface area contributed by atoms with Gasteiger partial charge in [-0.3, -0.25) is 14.5 Å². The Kier molecular flexibility index (Phi) is 5.25. The Hall–Kier alpha value is -2.69. The molecule has 1 aromatic carbocycles. The fraction of sp³-hybridized carbons (Fsp3) is 0.235. The van der Waals surface area contributed by atoms with Crippen LogP contribution in [-0.2, 0) is 16.0 Å². The number of amides is 1. The second-order valence-corrected chi connectivity index (χ2v) is 5.00. The van der Waals surface area contributed by atoms with Crippen LogP contribution in [0.25, 0.3) is 0 Å². The van der Waals surface area contributed by atoms with E-state index in [-0.39, 0.29) is 25.3 Å². The van der Waals surface area contributed by atoms with Crippen LogP contribution in [0, 0.1) is 6.92 Å². The summed E-state index contributed by atoms with van der Waals surface area (Å²) in [5, 5.41) is 8.89. The van der Waals surface area contributed by atoms with Crippen molar-refractivity contribution in [3.8, 4) is 0 Å². The highest BCUT2D eigenvalue weighted by Crippen LogP contribution is 2.18. The van der Waals surface area contributed by atoms with Crippen molar-refractivity contribution in [1.82, 2.24) is 4.98 Å². The molecular weight excluding hydrogens is 280 g/mol. The zero-order valence-corrected chi connectivity index (χ0v) is 12.4. The maximum absolute atomic E-state index is 12.6. The van der Waals surface area contributed by atoms with Gasteiger partial charge < -0.3 is 5.11 Å². The minimum Gasteiger partial charge on any atom is -0.481 e. The van der Waals surface area contributed by atoms with Gasteiger partial charge in [0.1, 0.15) is 5.82 Å². The SMILES string of the molecule is Cc1cccnc1N(CCC(=O)O)C(=O)Cc1ccccc1. The van der Waals surface area contributed by atoms with Gasteiger partial charge in [0.05, 0.1) is 12.8 Å². The van der Waals surface area contributed by atoms with Gasteiger partial charge >= 0.3 is 5.97 Å². The molecule has 1 N–H and O–H groups in total. The number of rotatable bonds is 6. The Morgan fingerprint density at radius 3 is 2.50 bits per heavy atom. The number of carbonyl (C=O) groups excluding carboxylic acids is 1. The summed E-state index contributed by atoms with van der Waals surface area (Å²) >= 11 is 0. The predicted molar refractivity (Wildman–Crippen MR) is 83.7 cm³/mol. The molecule has 0 unspecified atom stereocenters. The zero-order chi connectivity index (χ0) is 15.9. The molecule has 22 heavy (non-hydrogen) atoms. The van der Waals surface area contributed by atoms with Crippen molar-refractivity contribution < 1.29 is 14.7 Å². The minimum absolute atomic E-state index is 0.110. The van der Waals surface area contributed by atoms with Crippen molar-refractivity contribution >= 4 is 17.7 Å². The number of carbonyl (C=O) groups is 2. The molecule has 114 valence electrons. The number of aliphatic carboxylic acids is 1. The summed E-state index contributed by atoms with van der Waals surface area (Å²) in [5.74, 6) is -0.579. The van der Waals surface area contributed by atoms with E-state index in [1.54, 1.807) is 12.3 Å². The number of pyridine rings is 1. The van der Waals surface area contributed by atoms with Gasteiger partial charge in [0.2, 0.25) is 5.91 Å². The molecule has 0 radical (unpaired) electrons. The van der Waals surface area contributed by atoms with E-state index >= 15 is 0 Å². The summed E-state index contributed by atoms with van der Waals surface area (Å²) in [6.07, 6.45) is 1.71. The summed E-state index contributed by atoms with van der Waals surface area (Å²) < 4.78 is 0. The van der Waals surface area contributed by atoms with Crippen LogP contribution in [0.2, 0.25) is 0 Å². The first-order chi connectivity index (χ1) is 10.6. The summed E-state index contributed by atoms with van der Waals surface area (Å²) in [6.45, 7) is 1.96. The molecule has 0 aliphatic heterocycles. The highest BCUT2D eigenvalue weighted by Gasteiger charge is 2.19. The number of nitrogens with zero attached hydrogens (tertiary/aromatic N) is 2. The molecule has 1 heterocycles. The van der Waals surface area contributed by atoms with E-state index in [0.717, 1.165) is 11.1 Å². The van der Waals surface area contributed by atoms with Crippen LogP contribution >= 0.6 is 0 Å². The van der Waals surface area contributed by atoms with E-state index in [4.69, 9.17) is 5.11 Å². The van der Waals surface area contributed by atoms with E-state index < -0.39 is 5.97 Å². The first-order valence-electron chi connectivity index (χ1n) is 7.05. The third-order valence-corrected chi connectivity index (χ3v) is 3.29. The number of aryl methyl sites for hydroxylation is 1. The van der Waals surface area contributed by atoms with Crippen molar-refractivity contribution in [1.29, 1.82) is 0 Å². The van der Waals surface area contributed by atoms with Crippen molar-refractivity contribution in [3.05, 3.63) is 59.8 Å². The van der Waals surface area contributed by atoms with Crippen molar-refractivity contribution in [3.63, 3.8) is 0 Å². The van der Waals surface area contributed by atoms with Crippen LogP contribution < -0.4 is 4.90 Å². The van der Waals surface area contributed by atoms with Gasteiger partial charge in [-0.1, -0.05) is 36.4 Å². The molecule has 5 heteroatoms. The van der Waals surface area contributed by atoms with E-state index in [1.165, 1.54) is 4.90 Å². The van der Waals surface area contributed by atoms with Gasteiger partial charge in [-0.25, -0.2) is 4.98 Å². The molecule has 0 spiro atoms. The number of benzene rings is 1. The van der Waals surface area contributed by atoms with Gasteiger partial charge in [-0.05, 0) is 24.1 Å². The number of hydrogen-bond acceptors (Lipinski definition) is 3. The average Bonchev–Trinajstić information content (AvgIpc) is 2.50. The third kappa shape index (κ3) is 4.15. The molecule has 1 aromatic heterocycles. The molecular formula is C17H18N2O3. The molecule has 0 saturated carbocycles. The summed E-state index contributed by atoms with van der Waals surface area (Å²) in [5.41, 5.74) is 1.73. The average molecular weight is 298 g/mol. The molecule has 0 fully saturated rings. The number of hydrogen-bond donors (Lipinski definition) is 1. The first kappa shape index (κ1) is 15.7. The molecule has 1 amide bonds. The molecule has 0 aliphatic carbocycles. The molecule has 0 aliphatic rings. The fourth-order valence-corrected chi connectivity index (χ4v) is 2.18. The zero-order valence-electron chi connectivity index (χ0n) is 12.4. The lowest BCUT2D eigenvalue weighted by Crippen LogP contribution is -2.35. The number of carboxylic acids is 1. The Morgan fingerprint density at radius 1 is 1.14 bits per heavy atom. The van der Waals surface area contributed by atoms with Crippen LogP contribution in [0.5, 0.6) is 0 Å². The van der Waals surface area contributed by atoms with Gasteiger partial charge in [0, 0.05) is 12.7 Å². The highest BCUT2D eigenvalue weighted by molar-refractivity contribution is 5.94. The molecule has 2 aromatic rings. The lowest BCUT2D eigenvalue weighted by Gasteiger charge is -2.22. The smallest absolute Gasteiger partial charge is 0.305 e. The quantitative estimate of drug-likeness (QED) is 0.889. The van der Waals surface area contributed by atoms with Crippen LogP contribution in [0.1, 0.15) is 17.5 Å². The third-order valence-electron chi connectivity index (χ3n) is 3.29. The second kappa shape index (κ2) is 7.36. The summed E-state index contributed by atoms with van der Waals surface area (Å²) in [6, 6.07) is 13.0. The van der Waals surface area contributed by atoms with Gasteiger partial charge in [-0.15, -0.1) is 0 Å². The molecule has 5 nitrogen and oxygen atoms in total. The van der Waals surface area contributed by atoms with Crippen LogP contribution in [0.15, 0.2) is 48.7 Å². The van der Waals surface area contributed by atoms with Gasteiger partial charge in [0.15, 0.2) is 0 Å². The van der Waals surface area contributed by atoms with E-state index in [1.807, 2.05) is 43.3 Å². The topological polar surface area (TPSA) is 70.5 Å². The van der Waals surface area contributed by atoms with Gasteiger partial charge in [0.25, 0.3) is 0 Å². The van der Waals surface area contributed by atoms with Crippen LogP contribution in [-0.4, -0.2) is 28.5 Å². The van der Waals surface area contributed by atoms with Crippen LogP contribution in [0.4, 0.5) is 5.82 Å². The van der Waals surface area contributed by atoms with E-state index in [0.29, 0.717) is 5.82 Å². The number of anilines is 1. The lowest BCUT2D eigenvalue weighted by atomic mass is 10.1. The minimum atomic E-state index is -0.939. The fourth-order valence-electron chi connectivity index (χ4n) is 2.18. The van der Waals surface area contributed by atoms with Gasteiger partial charge in [-0.2, -0.15) is 0 Å². The first-order valence-corrected chi connectivity index (χ1v) is 7.05. The van der Waals surface area contributed by atoms with E-state index in [9.17, 15) is 9.59 Å². The Balaban J connectivity index is 2.22. The standard InChI is InChI=1S/C17H18N2O3/c1-13-6-5-10-18-17(13)19(11-9-16(21)22)15(20)12-14-7-3-2-4-8-14/h2-8,10H,9,11-12H2,1H3,(H,21,22). The van der Waals surface area contributed by atoms with Crippen molar-refractivity contribution in [2.75, 3.05) is 11.4 Å². The Bertz CT molecular complexity index is 656. The molecule has 2 rings (SSSR count). The lowest BCUT2D eigenvalue weighted by molar-refractivity contribution is -0.136. The van der Waals surface area contributed by atoms with Crippen LogP contribution in [0.3, 0.4) is 0 Å². The van der Waals surface area contributed by atoms with Crippen molar-refractivity contribution in [2.45, 2.75) is 19.8 Å². The highest BCUT2D eigenvalue weighted by atomic mass is 16.4. The Morgan fingerprint density at radius 2 is 1.86 bits per heavy atom. The monoisotopic (exact) mass is 298 g/mol. The summed E-state index contributed by atoms with van der Waals surface area (Å²) in [4.78, 5) is 29.1. The van der Waals surface area contributed by atoms with Crippen molar-refractivity contribution in [2.24, 2.45) is 0 Å². The Labute approximate surface area is 129 Å². The molecule has 0 saturated heterocycles. The predicted octanol–water partition coefficient (Wildman–Crippen LogP) is 2.44. The normalized spacial score (nSPS) is 10.2. The second-order valence-electron chi connectivity index (χ2n) is 5.00. The largest absolute Gasteiger partial charge is 0.481 e. The maximum Gasteiger partial charge on any atom is 0.305 e. The molecule has 0 atom stereocenters. The summed E-state index contributed by atoms with van der Waals surface area (Å²) in [7, 11) is 0. The van der Waals surface area contributed by atoms with E-state index in [2.05, 4.69) is 4.98 Å². The number of aromatic nitrogens is 1. The molecule has 0 bridgehead atoms.